The third kappa shape index (κ3) is 2.42. The first-order valence-electron chi connectivity index (χ1n) is 4.18. The average molecular weight is 213 g/mol. The van der Waals surface area contributed by atoms with Crippen molar-refractivity contribution in [2.24, 2.45) is 0 Å². The van der Waals surface area contributed by atoms with Crippen LogP contribution in [-0.2, 0) is 0 Å². The second-order valence-corrected chi connectivity index (χ2v) is 2.89. The highest BCUT2D eigenvalue weighted by molar-refractivity contribution is 5.36. The van der Waals surface area contributed by atoms with Crippen molar-refractivity contribution in [2.75, 3.05) is 7.11 Å². The molecule has 0 amide bonds. The Labute approximate surface area is 85.5 Å². The highest BCUT2D eigenvalue weighted by Gasteiger charge is 2.16. The second-order valence-electron chi connectivity index (χ2n) is 2.89. The summed E-state index contributed by atoms with van der Waals surface area (Å²) >= 11 is 0. The minimum Gasteiger partial charge on any atom is -0.496 e. The third-order valence-electron chi connectivity index (χ3n) is 1.92. The fourth-order valence-corrected chi connectivity index (χ4v) is 1.18. The first-order valence-corrected chi connectivity index (χ1v) is 4.18. The summed E-state index contributed by atoms with van der Waals surface area (Å²) < 4.78 is 30.4. The van der Waals surface area contributed by atoms with Gasteiger partial charge in [0.1, 0.15) is 5.75 Å². The van der Waals surface area contributed by atoms with Crippen molar-refractivity contribution in [3.8, 4) is 11.8 Å². The molecule has 0 fully saturated rings. The normalized spacial score (nSPS) is 11.9. The van der Waals surface area contributed by atoms with Crippen molar-refractivity contribution < 1.29 is 18.6 Å². The number of ether oxygens (including phenoxy) is 1. The van der Waals surface area contributed by atoms with Gasteiger partial charge in [0, 0.05) is 11.6 Å². The molecule has 1 atom stereocenters. The van der Waals surface area contributed by atoms with Crippen LogP contribution in [0.2, 0.25) is 0 Å². The summed E-state index contributed by atoms with van der Waals surface area (Å²) in [5, 5.41) is 17.8. The molecule has 80 valence electrons. The Bertz CT molecular complexity index is 401. The molecule has 1 rings (SSSR count). The molecule has 1 aromatic rings. The monoisotopic (exact) mass is 213 g/mol. The van der Waals surface area contributed by atoms with Crippen molar-refractivity contribution in [2.45, 2.75) is 12.5 Å². The van der Waals surface area contributed by atoms with Crippen LogP contribution in [0.1, 0.15) is 18.1 Å². The number of methoxy groups -OCH3 is 1. The number of hydrogen-bond acceptors (Lipinski definition) is 3. The maximum absolute atomic E-state index is 12.9. The summed E-state index contributed by atoms with van der Waals surface area (Å²) in [6.45, 7) is 0. The van der Waals surface area contributed by atoms with E-state index in [1.165, 1.54) is 7.11 Å². The Hall–Kier alpha value is -1.67. The van der Waals surface area contributed by atoms with E-state index in [0.717, 1.165) is 12.1 Å². The molecule has 0 radical (unpaired) electrons. The standard InChI is InChI=1S/C10H9F2NO2/c1-15-10-5-8(12)7(11)4-6(10)9(14)2-3-13/h4-5,9,14H,2H2,1H3. The van der Waals surface area contributed by atoms with Gasteiger partial charge in [-0.25, -0.2) is 8.78 Å². The van der Waals surface area contributed by atoms with Gasteiger partial charge in [-0.3, -0.25) is 0 Å². The molecule has 15 heavy (non-hydrogen) atoms. The van der Waals surface area contributed by atoms with Crippen molar-refractivity contribution in [1.82, 2.24) is 0 Å². The van der Waals surface area contributed by atoms with Crippen molar-refractivity contribution in [1.29, 1.82) is 5.26 Å². The summed E-state index contributed by atoms with van der Waals surface area (Å²) in [5.41, 5.74) is 0.0675. The van der Waals surface area contributed by atoms with Gasteiger partial charge in [0.05, 0.1) is 25.7 Å². The summed E-state index contributed by atoms with van der Waals surface area (Å²) in [7, 11) is 1.27. The molecule has 1 N–H and O–H groups in total. The number of rotatable bonds is 3. The van der Waals surface area contributed by atoms with E-state index in [4.69, 9.17) is 10.00 Å². The first kappa shape index (κ1) is 11.4. The molecule has 1 unspecified atom stereocenters. The zero-order chi connectivity index (χ0) is 11.4. The lowest BCUT2D eigenvalue weighted by molar-refractivity contribution is 0.178. The summed E-state index contributed by atoms with van der Waals surface area (Å²) in [4.78, 5) is 0. The Morgan fingerprint density at radius 2 is 2.07 bits per heavy atom. The van der Waals surface area contributed by atoms with Gasteiger partial charge < -0.3 is 9.84 Å². The van der Waals surface area contributed by atoms with E-state index >= 15 is 0 Å². The molecule has 0 aliphatic carbocycles. The highest BCUT2D eigenvalue weighted by Crippen LogP contribution is 2.29. The van der Waals surface area contributed by atoms with Crippen molar-refractivity contribution in [3.63, 3.8) is 0 Å². The molecular weight excluding hydrogens is 204 g/mol. The van der Waals surface area contributed by atoms with Crippen LogP contribution in [-0.4, -0.2) is 12.2 Å². The van der Waals surface area contributed by atoms with E-state index in [1.807, 2.05) is 0 Å². The number of nitrogens with zero attached hydrogens (tertiary/aromatic N) is 1. The van der Waals surface area contributed by atoms with Crippen molar-refractivity contribution >= 4 is 0 Å². The SMILES string of the molecule is COc1cc(F)c(F)cc1C(O)CC#N. The van der Waals surface area contributed by atoms with E-state index in [0.29, 0.717) is 0 Å². The zero-order valence-electron chi connectivity index (χ0n) is 8.00. The van der Waals surface area contributed by atoms with Crippen LogP contribution in [0, 0.1) is 23.0 Å². The van der Waals surface area contributed by atoms with E-state index < -0.39 is 17.7 Å². The van der Waals surface area contributed by atoms with Gasteiger partial charge in [-0.2, -0.15) is 5.26 Å². The molecule has 3 nitrogen and oxygen atoms in total. The molecule has 0 aliphatic rings. The lowest BCUT2D eigenvalue weighted by Gasteiger charge is -2.12. The lowest BCUT2D eigenvalue weighted by atomic mass is 10.1. The third-order valence-corrected chi connectivity index (χ3v) is 1.92. The largest absolute Gasteiger partial charge is 0.496 e. The van der Waals surface area contributed by atoms with Crippen LogP contribution < -0.4 is 4.74 Å². The molecule has 0 spiro atoms. The van der Waals surface area contributed by atoms with E-state index in [2.05, 4.69) is 0 Å². The zero-order valence-corrected chi connectivity index (χ0v) is 8.00. The van der Waals surface area contributed by atoms with Gasteiger partial charge in [-0.15, -0.1) is 0 Å². The van der Waals surface area contributed by atoms with Crippen LogP contribution in [0.3, 0.4) is 0 Å². The number of halogens is 2. The predicted octanol–water partition coefficient (Wildman–Crippen LogP) is 1.92. The number of benzene rings is 1. The summed E-state index contributed by atoms with van der Waals surface area (Å²) in [6.07, 6.45) is -1.39. The maximum atomic E-state index is 12.9. The number of nitriles is 1. The van der Waals surface area contributed by atoms with E-state index in [1.54, 1.807) is 6.07 Å². The number of aliphatic hydroxyl groups excluding tert-OH is 1. The number of hydrogen-bond donors (Lipinski definition) is 1. The quantitative estimate of drug-likeness (QED) is 0.834. The highest BCUT2D eigenvalue weighted by atomic mass is 19.2. The van der Waals surface area contributed by atoms with Gasteiger partial charge >= 0.3 is 0 Å². The second kappa shape index (κ2) is 4.71. The smallest absolute Gasteiger partial charge is 0.162 e. The van der Waals surface area contributed by atoms with E-state index in [-0.39, 0.29) is 17.7 Å². The van der Waals surface area contributed by atoms with Crippen LogP contribution >= 0.6 is 0 Å². The average Bonchev–Trinajstić information content (AvgIpc) is 2.21. The molecule has 0 saturated carbocycles. The molecule has 5 heteroatoms. The van der Waals surface area contributed by atoms with Gasteiger partial charge in [0.25, 0.3) is 0 Å². The van der Waals surface area contributed by atoms with E-state index in [9.17, 15) is 13.9 Å². The Morgan fingerprint density at radius 1 is 1.47 bits per heavy atom. The Kier molecular flexibility index (Phi) is 3.58. The fraction of sp³-hybridized carbons (Fsp3) is 0.300. The van der Waals surface area contributed by atoms with Crippen LogP contribution in [0.5, 0.6) is 5.75 Å². The summed E-state index contributed by atoms with van der Waals surface area (Å²) in [5.74, 6) is -2.11. The van der Waals surface area contributed by atoms with Crippen LogP contribution in [0.4, 0.5) is 8.78 Å². The molecule has 0 bridgehead atoms. The minimum atomic E-state index is -1.18. The van der Waals surface area contributed by atoms with Gasteiger partial charge in [0.15, 0.2) is 11.6 Å². The Morgan fingerprint density at radius 3 is 2.60 bits per heavy atom. The molecule has 0 heterocycles. The maximum Gasteiger partial charge on any atom is 0.162 e. The fourth-order valence-electron chi connectivity index (χ4n) is 1.18. The van der Waals surface area contributed by atoms with Crippen molar-refractivity contribution in [3.05, 3.63) is 29.3 Å². The minimum absolute atomic E-state index is 0.0247. The van der Waals surface area contributed by atoms with Gasteiger partial charge in [0.2, 0.25) is 0 Å². The lowest BCUT2D eigenvalue weighted by Crippen LogP contribution is -2.02. The molecule has 0 aliphatic heterocycles. The molecule has 0 aromatic heterocycles. The summed E-state index contributed by atoms with van der Waals surface area (Å²) in [6, 6.07) is 3.40. The van der Waals surface area contributed by atoms with Gasteiger partial charge in [-0.1, -0.05) is 0 Å². The number of aliphatic hydroxyl groups is 1. The molecule has 0 saturated heterocycles. The van der Waals surface area contributed by atoms with Crippen LogP contribution in [0.25, 0.3) is 0 Å². The first-order chi connectivity index (χ1) is 7.10. The predicted molar refractivity (Wildman–Crippen MR) is 48.1 cm³/mol. The van der Waals surface area contributed by atoms with Gasteiger partial charge in [-0.05, 0) is 6.07 Å². The topological polar surface area (TPSA) is 53.2 Å². The molecular formula is C10H9F2NO2. The molecule has 1 aromatic carbocycles. The Balaban J connectivity index is 3.16. The van der Waals surface area contributed by atoms with Crippen LogP contribution in [0.15, 0.2) is 12.1 Å².